The number of imidazole rings is 1. The van der Waals surface area contributed by atoms with Crippen LogP contribution in [-0.2, 0) is 6.54 Å². The fraction of sp³-hybridized carbons (Fsp3) is 0.100. The second kappa shape index (κ2) is 7.93. The largest absolute Gasteiger partial charge is 0.493 e. The highest BCUT2D eigenvalue weighted by atomic mass is 16.4. The summed E-state index contributed by atoms with van der Waals surface area (Å²) in [6.45, 7) is 2.22. The zero-order chi connectivity index (χ0) is 21.3. The third kappa shape index (κ3) is 3.61. The van der Waals surface area contributed by atoms with Gasteiger partial charge in [0.1, 0.15) is 17.2 Å². The molecule has 0 aliphatic carbocycles. The van der Waals surface area contributed by atoms with Crippen molar-refractivity contribution in [1.82, 2.24) is 19.4 Å². The quantitative estimate of drug-likeness (QED) is 0.344. The molecular formula is C20H19BN6O3. The Bertz CT molecular complexity index is 1230. The van der Waals surface area contributed by atoms with Gasteiger partial charge in [0.2, 0.25) is 0 Å². The van der Waals surface area contributed by atoms with Crippen molar-refractivity contribution in [3.63, 3.8) is 0 Å². The maximum Gasteiger partial charge on any atom is 0.493 e. The Hall–Kier alpha value is -3.76. The van der Waals surface area contributed by atoms with Gasteiger partial charge in [-0.1, -0.05) is 30.3 Å². The molecular weight excluding hydrogens is 383 g/mol. The van der Waals surface area contributed by atoms with Crippen LogP contribution in [0.4, 0.5) is 5.82 Å². The lowest BCUT2D eigenvalue weighted by atomic mass is 9.81. The Morgan fingerprint density at radius 1 is 1.17 bits per heavy atom. The van der Waals surface area contributed by atoms with Crippen LogP contribution in [0.25, 0.3) is 17.2 Å². The van der Waals surface area contributed by atoms with E-state index in [4.69, 9.17) is 5.73 Å². The van der Waals surface area contributed by atoms with Crippen LogP contribution in [0, 0.1) is 6.92 Å². The zero-order valence-electron chi connectivity index (χ0n) is 16.1. The van der Waals surface area contributed by atoms with Crippen LogP contribution in [0.3, 0.4) is 0 Å². The van der Waals surface area contributed by atoms with Crippen molar-refractivity contribution in [2.24, 2.45) is 5.73 Å². The molecule has 1 amide bonds. The molecule has 5 N–H and O–H groups in total. The van der Waals surface area contributed by atoms with Gasteiger partial charge >= 0.3 is 7.12 Å². The van der Waals surface area contributed by atoms with Gasteiger partial charge in [-0.25, -0.2) is 15.0 Å². The third-order valence-electron chi connectivity index (χ3n) is 4.70. The first kappa shape index (κ1) is 19.6. The number of amides is 1. The number of aromatic nitrogens is 4. The average molecular weight is 402 g/mol. The lowest BCUT2D eigenvalue weighted by molar-refractivity contribution is 0.100. The topological polar surface area (TPSA) is 139 Å². The molecule has 1 aromatic carbocycles. The van der Waals surface area contributed by atoms with Gasteiger partial charge in [0.15, 0.2) is 5.82 Å². The van der Waals surface area contributed by atoms with E-state index in [1.165, 1.54) is 6.20 Å². The molecule has 0 atom stereocenters. The monoisotopic (exact) mass is 402 g/mol. The van der Waals surface area contributed by atoms with E-state index in [1.54, 1.807) is 29.7 Å². The molecule has 0 aliphatic rings. The number of aryl methyl sites for hydroxylation is 1. The number of carbonyl (C=O) groups excluding carboxylic acids is 1. The number of pyridine rings is 1. The first-order chi connectivity index (χ1) is 14.5. The number of fused-ring (bicyclic) bond motifs is 1. The molecule has 0 saturated heterocycles. The van der Waals surface area contributed by atoms with Crippen molar-refractivity contribution in [2.45, 2.75) is 13.5 Å². The number of hydrogen-bond acceptors (Lipinski definition) is 7. The van der Waals surface area contributed by atoms with Crippen LogP contribution >= 0.6 is 0 Å². The Balaban J connectivity index is 1.79. The number of carbonyl (C=O) groups is 1. The van der Waals surface area contributed by atoms with Gasteiger partial charge in [0, 0.05) is 24.4 Å². The van der Waals surface area contributed by atoms with E-state index >= 15 is 0 Å². The summed E-state index contributed by atoms with van der Waals surface area (Å²) in [6.07, 6.45) is 3.10. The Kier molecular flexibility index (Phi) is 5.17. The summed E-state index contributed by atoms with van der Waals surface area (Å²) in [4.78, 5) is 25.0. The van der Waals surface area contributed by atoms with E-state index in [9.17, 15) is 14.8 Å². The summed E-state index contributed by atoms with van der Waals surface area (Å²) in [6, 6.07) is 13.0. The number of rotatable bonds is 6. The van der Waals surface area contributed by atoms with Crippen molar-refractivity contribution in [1.29, 1.82) is 0 Å². The molecule has 0 saturated carbocycles. The molecule has 0 radical (unpaired) electrons. The average Bonchev–Trinajstić information content (AvgIpc) is 3.08. The molecule has 4 rings (SSSR count). The summed E-state index contributed by atoms with van der Waals surface area (Å²) in [5.74, 6) is 0.0304. The fourth-order valence-electron chi connectivity index (χ4n) is 3.26. The van der Waals surface area contributed by atoms with Gasteiger partial charge in [-0.2, -0.15) is 0 Å². The first-order valence-electron chi connectivity index (χ1n) is 9.24. The minimum Gasteiger partial charge on any atom is -0.423 e. The molecule has 30 heavy (non-hydrogen) atoms. The van der Waals surface area contributed by atoms with Gasteiger partial charge in [0.25, 0.3) is 5.91 Å². The minimum atomic E-state index is -1.73. The van der Waals surface area contributed by atoms with Crippen LogP contribution < -0.4 is 16.5 Å². The summed E-state index contributed by atoms with van der Waals surface area (Å²) >= 11 is 0. The normalized spacial score (nSPS) is 10.9. The van der Waals surface area contributed by atoms with E-state index in [0.29, 0.717) is 35.2 Å². The lowest BCUT2D eigenvalue weighted by Gasteiger charge is -2.12. The number of primary amides is 1. The number of nitrogens with one attached hydrogen (secondary N) is 1. The Morgan fingerprint density at radius 2 is 1.93 bits per heavy atom. The molecule has 9 nitrogen and oxygen atoms in total. The van der Waals surface area contributed by atoms with Crippen LogP contribution in [0.1, 0.15) is 21.6 Å². The summed E-state index contributed by atoms with van der Waals surface area (Å²) in [7, 11) is -1.73. The van der Waals surface area contributed by atoms with E-state index in [-0.39, 0.29) is 11.0 Å². The highest BCUT2D eigenvalue weighted by Crippen LogP contribution is 2.24. The van der Waals surface area contributed by atoms with Crippen molar-refractivity contribution < 1.29 is 14.8 Å². The highest BCUT2D eigenvalue weighted by molar-refractivity contribution is 6.60. The SMILES string of the molecule is Cc1nc2c(C(N)=O)cccn2c1-c1ncc(B(O)O)c(NCc2ccccc2)n1. The summed E-state index contributed by atoms with van der Waals surface area (Å²) in [5, 5.41) is 22.6. The van der Waals surface area contributed by atoms with Crippen molar-refractivity contribution in [3.05, 3.63) is 71.7 Å². The zero-order valence-corrected chi connectivity index (χ0v) is 16.1. The molecule has 150 valence electrons. The maximum absolute atomic E-state index is 11.7. The molecule has 0 aliphatic heterocycles. The van der Waals surface area contributed by atoms with Crippen molar-refractivity contribution in [2.75, 3.05) is 5.32 Å². The number of hydrogen-bond donors (Lipinski definition) is 4. The predicted octanol–water partition coefficient (Wildman–Crippen LogP) is 0.491. The highest BCUT2D eigenvalue weighted by Gasteiger charge is 2.22. The molecule has 4 aromatic rings. The predicted molar refractivity (Wildman–Crippen MR) is 113 cm³/mol. The fourth-order valence-corrected chi connectivity index (χ4v) is 3.26. The molecule has 0 bridgehead atoms. The van der Waals surface area contributed by atoms with Gasteiger partial charge in [-0.05, 0) is 24.6 Å². The first-order valence-corrected chi connectivity index (χ1v) is 9.24. The standard InChI is InChI=1S/C20H19BN6O3/c1-12-16(27-9-5-8-14(17(22)28)20(27)25-12)19-24-11-15(21(29)30)18(26-19)23-10-13-6-3-2-4-7-13/h2-9,11,29-30H,10H2,1H3,(H2,22,28)(H,23,24,26). The summed E-state index contributed by atoms with van der Waals surface area (Å²) in [5.41, 5.74) is 8.50. The van der Waals surface area contributed by atoms with Gasteiger partial charge < -0.3 is 21.1 Å². The Morgan fingerprint density at radius 3 is 2.63 bits per heavy atom. The second-order valence-corrected chi connectivity index (χ2v) is 6.74. The van der Waals surface area contributed by atoms with E-state index in [0.717, 1.165) is 5.56 Å². The maximum atomic E-state index is 11.7. The van der Waals surface area contributed by atoms with Gasteiger partial charge in [-0.15, -0.1) is 0 Å². The lowest BCUT2D eigenvalue weighted by Crippen LogP contribution is -2.34. The molecule has 10 heteroatoms. The number of nitrogens with zero attached hydrogens (tertiary/aromatic N) is 4. The number of nitrogens with two attached hydrogens (primary N) is 1. The molecule has 0 fully saturated rings. The van der Waals surface area contributed by atoms with E-state index in [2.05, 4.69) is 20.3 Å². The van der Waals surface area contributed by atoms with E-state index < -0.39 is 13.0 Å². The van der Waals surface area contributed by atoms with Crippen LogP contribution in [0.5, 0.6) is 0 Å². The van der Waals surface area contributed by atoms with E-state index in [1.807, 2.05) is 30.3 Å². The molecule has 3 heterocycles. The number of benzene rings is 1. The van der Waals surface area contributed by atoms with Crippen molar-refractivity contribution >= 4 is 30.0 Å². The molecule has 3 aromatic heterocycles. The van der Waals surface area contributed by atoms with Crippen LogP contribution in [0.2, 0.25) is 0 Å². The van der Waals surface area contributed by atoms with Crippen LogP contribution in [-0.4, -0.2) is 42.4 Å². The smallest absolute Gasteiger partial charge is 0.423 e. The Labute approximate surface area is 172 Å². The number of anilines is 1. The molecule has 0 unspecified atom stereocenters. The third-order valence-corrected chi connectivity index (χ3v) is 4.70. The van der Waals surface area contributed by atoms with Gasteiger partial charge in [0.05, 0.1) is 11.3 Å². The summed E-state index contributed by atoms with van der Waals surface area (Å²) < 4.78 is 1.70. The molecule has 0 spiro atoms. The van der Waals surface area contributed by atoms with Crippen molar-refractivity contribution in [3.8, 4) is 11.5 Å². The minimum absolute atomic E-state index is 0.152. The van der Waals surface area contributed by atoms with Crippen LogP contribution in [0.15, 0.2) is 54.9 Å². The second-order valence-electron chi connectivity index (χ2n) is 6.74. The van der Waals surface area contributed by atoms with Gasteiger partial charge in [-0.3, -0.25) is 9.20 Å².